The molecule has 1 unspecified atom stereocenters. The Morgan fingerprint density at radius 2 is 2.06 bits per heavy atom. The van der Waals surface area contributed by atoms with Gasteiger partial charge in [-0.2, -0.15) is 0 Å². The van der Waals surface area contributed by atoms with Gasteiger partial charge in [0, 0.05) is 19.3 Å². The lowest BCUT2D eigenvalue weighted by Gasteiger charge is -2.13. The number of benzene rings is 1. The van der Waals surface area contributed by atoms with Crippen LogP contribution in [0.2, 0.25) is 0 Å². The lowest BCUT2D eigenvalue weighted by atomic mass is 10.1. The average molecular weight is 245 g/mol. The van der Waals surface area contributed by atoms with Crippen molar-refractivity contribution < 1.29 is 4.74 Å². The van der Waals surface area contributed by atoms with Crippen molar-refractivity contribution in [3.8, 4) is 0 Å². The summed E-state index contributed by atoms with van der Waals surface area (Å²) in [7, 11) is 0. The van der Waals surface area contributed by atoms with E-state index in [2.05, 4.69) is 29.6 Å². The third-order valence-corrected chi connectivity index (χ3v) is 4.04. The second-order valence-electron chi connectivity index (χ2n) is 5.62. The molecular formula is C16H23NO. The lowest BCUT2D eigenvalue weighted by Crippen LogP contribution is -2.21. The van der Waals surface area contributed by atoms with E-state index in [9.17, 15) is 0 Å². The van der Waals surface area contributed by atoms with E-state index in [0.717, 1.165) is 32.1 Å². The maximum atomic E-state index is 5.65. The van der Waals surface area contributed by atoms with Gasteiger partial charge in [0.25, 0.3) is 0 Å². The second kappa shape index (κ2) is 5.85. The number of rotatable bonds is 7. The first-order chi connectivity index (χ1) is 8.93. The first-order valence-corrected chi connectivity index (χ1v) is 7.32. The minimum absolute atomic E-state index is 0.574. The molecule has 2 aliphatic rings. The standard InChI is InChI=1S/C16H23NO/c1-2-5-15-14(4-1)8-9-16(15)17-10-3-11-18-12-13-6-7-13/h1-2,4-5,13,16-17H,3,6-12H2. The van der Waals surface area contributed by atoms with Crippen molar-refractivity contribution in [2.75, 3.05) is 19.8 Å². The Bertz CT molecular complexity index is 386. The highest BCUT2D eigenvalue weighted by molar-refractivity contribution is 5.34. The summed E-state index contributed by atoms with van der Waals surface area (Å²) in [5.74, 6) is 0.889. The van der Waals surface area contributed by atoms with Crippen LogP contribution >= 0.6 is 0 Å². The molecule has 1 saturated carbocycles. The summed E-state index contributed by atoms with van der Waals surface area (Å²) >= 11 is 0. The number of aryl methyl sites for hydroxylation is 1. The zero-order valence-electron chi connectivity index (χ0n) is 11.0. The predicted octanol–water partition coefficient (Wildman–Crippen LogP) is 3.08. The van der Waals surface area contributed by atoms with E-state index < -0.39 is 0 Å². The molecule has 0 aromatic heterocycles. The summed E-state index contributed by atoms with van der Waals surface area (Å²) in [4.78, 5) is 0. The van der Waals surface area contributed by atoms with Crippen molar-refractivity contribution in [1.29, 1.82) is 0 Å². The summed E-state index contributed by atoms with van der Waals surface area (Å²) in [6.07, 6.45) is 6.38. The molecule has 0 heterocycles. The number of hydrogen-bond acceptors (Lipinski definition) is 2. The number of hydrogen-bond donors (Lipinski definition) is 1. The van der Waals surface area contributed by atoms with Gasteiger partial charge >= 0.3 is 0 Å². The van der Waals surface area contributed by atoms with Crippen molar-refractivity contribution in [3.63, 3.8) is 0 Å². The van der Waals surface area contributed by atoms with Crippen LogP contribution in [0.15, 0.2) is 24.3 Å². The number of ether oxygens (including phenoxy) is 1. The van der Waals surface area contributed by atoms with Gasteiger partial charge in [0.2, 0.25) is 0 Å². The summed E-state index contributed by atoms with van der Waals surface area (Å²) in [6.45, 7) is 2.98. The Hall–Kier alpha value is -0.860. The second-order valence-corrected chi connectivity index (χ2v) is 5.62. The molecule has 0 amide bonds. The summed E-state index contributed by atoms with van der Waals surface area (Å²) in [5.41, 5.74) is 3.04. The molecule has 0 bridgehead atoms. The van der Waals surface area contributed by atoms with Crippen LogP contribution in [0.25, 0.3) is 0 Å². The minimum atomic E-state index is 0.574. The molecule has 1 aromatic rings. The molecule has 3 rings (SSSR count). The monoisotopic (exact) mass is 245 g/mol. The van der Waals surface area contributed by atoms with Gasteiger partial charge in [0.1, 0.15) is 0 Å². The average Bonchev–Trinajstić information content (AvgIpc) is 3.14. The summed E-state index contributed by atoms with van der Waals surface area (Å²) < 4.78 is 5.65. The van der Waals surface area contributed by atoms with Gasteiger partial charge in [0.05, 0.1) is 0 Å². The van der Waals surface area contributed by atoms with E-state index in [1.807, 2.05) is 0 Å². The van der Waals surface area contributed by atoms with Crippen LogP contribution in [-0.4, -0.2) is 19.8 Å². The fourth-order valence-corrected chi connectivity index (χ4v) is 2.75. The molecule has 0 radical (unpaired) electrons. The van der Waals surface area contributed by atoms with Gasteiger partial charge in [-0.25, -0.2) is 0 Å². The predicted molar refractivity (Wildman–Crippen MR) is 73.7 cm³/mol. The minimum Gasteiger partial charge on any atom is -0.381 e. The smallest absolute Gasteiger partial charge is 0.0494 e. The molecule has 2 heteroatoms. The molecule has 0 saturated heterocycles. The van der Waals surface area contributed by atoms with Crippen molar-refractivity contribution in [1.82, 2.24) is 5.32 Å². The fraction of sp³-hybridized carbons (Fsp3) is 0.625. The van der Waals surface area contributed by atoms with Crippen molar-refractivity contribution >= 4 is 0 Å². The van der Waals surface area contributed by atoms with Crippen LogP contribution in [0.3, 0.4) is 0 Å². The fourth-order valence-electron chi connectivity index (χ4n) is 2.75. The van der Waals surface area contributed by atoms with Gasteiger partial charge in [-0.05, 0) is 55.7 Å². The Labute approximate surface area is 110 Å². The Balaban J connectivity index is 1.34. The maximum absolute atomic E-state index is 5.65. The SMILES string of the molecule is c1ccc2c(c1)CCC2NCCCOCC1CC1. The van der Waals surface area contributed by atoms with Crippen LogP contribution in [0, 0.1) is 5.92 Å². The van der Waals surface area contributed by atoms with Crippen molar-refractivity contribution in [2.45, 2.75) is 38.1 Å². The molecule has 2 nitrogen and oxygen atoms in total. The van der Waals surface area contributed by atoms with Crippen molar-refractivity contribution in [2.24, 2.45) is 5.92 Å². The van der Waals surface area contributed by atoms with E-state index in [4.69, 9.17) is 4.74 Å². The largest absolute Gasteiger partial charge is 0.381 e. The molecule has 2 aliphatic carbocycles. The molecule has 1 atom stereocenters. The van der Waals surface area contributed by atoms with E-state index in [1.165, 1.54) is 36.8 Å². The maximum Gasteiger partial charge on any atom is 0.0494 e. The van der Waals surface area contributed by atoms with Gasteiger partial charge < -0.3 is 10.1 Å². The zero-order chi connectivity index (χ0) is 12.2. The summed E-state index contributed by atoms with van der Waals surface area (Å²) in [6, 6.07) is 9.40. The zero-order valence-corrected chi connectivity index (χ0v) is 11.0. The molecule has 18 heavy (non-hydrogen) atoms. The van der Waals surface area contributed by atoms with Gasteiger partial charge in [-0.15, -0.1) is 0 Å². The molecule has 1 N–H and O–H groups in total. The van der Waals surface area contributed by atoms with Crippen LogP contribution in [-0.2, 0) is 11.2 Å². The highest BCUT2D eigenvalue weighted by Gasteiger charge is 2.21. The third kappa shape index (κ3) is 3.12. The molecular weight excluding hydrogens is 222 g/mol. The highest BCUT2D eigenvalue weighted by Crippen LogP contribution is 2.30. The molecule has 1 fully saturated rings. The number of nitrogens with one attached hydrogen (secondary N) is 1. The first-order valence-electron chi connectivity index (χ1n) is 7.32. The van der Waals surface area contributed by atoms with E-state index in [0.29, 0.717) is 6.04 Å². The normalized spacial score (nSPS) is 22.1. The highest BCUT2D eigenvalue weighted by atomic mass is 16.5. The quantitative estimate of drug-likeness (QED) is 0.745. The van der Waals surface area contributed by atoms with Crippen LogP contribution < -0.4 is 5.32 Å². The van der Waals surface area contributed by atoms with Gasteiger partial charge in [0.15, 0.2) is 0 Å². The molecule has 1 aromatic carbocycles. The van der Waals surface area contributed by atoms with Gasteiger partial charge in [-0.3, -0.25) is 0 Å². The number of fused-ring (bicyclic) bond motifs is 1. The Kier molecular flexibility index (Phi) is 3.96. The van der Waals surface area contributed by atoms with Gasteiger partial charge in [-0.1, -0.05) is 24.3 Å². The van der Waals surface area contributed by atoms with E-state index in [-0.39, 0.29) is 0 Å². The molecule has 98 valence electrons. The molecule has 0 aliphatic heterocycles. The first kappa shape index (κ1) is 12.2. The molecule has 0 spiro atoms. The Morgan fingerprint density at radius 3 is 2.94 bits per heavy atom. The van der Waals surface area contributed by atoms with E-state index in [1.54, 1.807) is 0 Å². The summed E-state index contributed by atoms with van der Waals surface area (Å²) in [5, 5.41) is 3.66. The Morgan fingerprint density at radius 1 is 1.17 bits per heavy atom. The van der Waals surface area contributed by atoms with Crippen LogP contribution in [0.5, 0.6) is 0 Å². The lowest BCUT2D eigenvalue weighted by molar-refractivity contribution is 0.121. The topological polar surface area (TPSA) is 21.3 Å². The van der Waals surface area contributed by atoms with Crippen LogP contribution in [0.1, 0.15) is 42.9 Å². The third-order valence-electron chi connectivity index (χ3n) is 4.04. The van der Waals surface area contributed by atoms with Crippen molar-refractivity contribution in [3.05, 3.63) is 35.4 Å². The van der Waals surface area contributed by atoms with Crippen LogP contribution in [0.4, 0.5) is 0 Å². The van der Waals surface area contributed by atoms with E-state index >= 15 is 0 Å².